The number of hydrogen-bond donors (Lipinski definition) is 1. The molecule has 1 aliphatic carbocycles. The zero-order valence-corrected chi connectivity index (χ0v) is 17.4. The summed E-state index contributed by atoms with van der Waals surface area (Å²) in [5.74, 6) is 0.960. The van der Waals surface area contributed by atoms with Gasteiger partial charge in [0.25, 0.3) is 0 Å². The molecule has 0 amide bonds. The Balaban J connectivity index is 1.61. The molecular formula is C23H19N3O3S. The maximum atomic E-state index is 13.0. The molecule has 5 rings (SSSR count). The third kappa shape index (κ3) is 2.92. The Morgan fingerprint density at radius 3 is 2.80 bits per heavy atom. The fourth-order valence-electron chi connectivity index (χ4n) is 4.17. The average molecular weight is 417 g/mol. The van der Waals surface area contributed by atoms with Crippen LogP contribution in [0.15, 0.2) is 63.6 Å². The number of nitrogens with zero attached hydrogens (tertiary/aromatic N) is 2. The highest BCUT2D eigenvalue weighted by Gasteiger charge is 2.44. The number of nitriles is 1. The van der Waals surface area contributed by atoms with Gasteiger partial charge in [-0.25, -0.2) is 4.98 Å². The van der Waals surface area contributed by atoms with Crippen LogP contribution in [0.2, 0.25) is 0 Å². The van der Waals surface area contributed by atoms with Crippen LogP contribution in [0.1, 0.15) is 38.4 Å². The number of thiazole rings is 1. The molecule has 0 fully saturated rings. The average Bonchev–Trinajstić information content (AvgIpc) is 3.32. The molecule has 150 valence electrons. The van der Waals surface area contributed by atoms with Gasteiger partial charge < -0.3 is 14.9 Å². The number of furan rings is 1. The van der Waals surface area contributed by atoms with Crippen molar-refractivity contribution in [1.82, 2.24) is 4.98 Å². The first-order chi connectivity index (χ1) is 14.4. The van der Waals surface area contributed by atoms with Gasteiger partial charge in [0.1, 0.15) is 23.2 Å². The fraction of sp³-hybridized carbons (Fsp3) is 0.261. The number of nitrogens with two attached hydrogens (primary N) is 1. The van der Waals surface area contributed by atoms with Crippen molar-refractivity contribution < 1.29 is 13.9 Å². The van der Waals surface area contributed by atoms with Crippen molar-refractivity contribution in [1.29, 1.82) is 5.26 Å². The van der Waals surface area contributed by atoms with Crippen LogP contribution >= 0.6 is 11.3 Å². The van der Waals surface area contributed by atoms with E-state index in [1.54, 1.807) is 6.07 Å². The van der Waals surface area contributed by atoms with Crippen molar-refractivity contribution in [3.05, 3.63) is 64.9 Å². The first kappa shape index (κ1) is 18.6. The molecule has 1 aromatic carbocycles. The largest absolute Gasteiger partial charge is 0.458 e. The third-order valence-corrected chi connectivity index (χ3v) is 6.54. The van der Waals surface area contributed by atoms with Crippen LogP contribution in [0.3, 0.4) is 0 Å². The molecule has 0 saturated heterocycles. The van der Waals surface area contributed by atoms with Crippen LogP contribution in [0.5, 0.6) is 0 Å². The molecule has 7 heteroatoms. The minimum absolute atomic E-state index is 0.0321. The lowest BCUT2D eigenvalue weighted by molar-refractivity contribution is -0.119. The van der Waals surface area contributed by atoms with Crippen molar-refractivity contribution in [3.63, 3.8) is 0 Å². The highest BCUT2D eigenvalue weighted by Crippen LogP contribution is 2.48. The molecule has 2 N–H and O–H groups in total. The number of fused-ring (bicyclic) bond motifs is 1. The predicted molar refractivity (Wildman–Crippen MR) is 113 cm³/mol. The second kappa shape index (κ2) is 6.57. The second-order valence-electron chi connectivity index (χ2n) is 8.39. The van der Waals surface area contributed by atoms with E-state index < -0.39 is 5.92 Å². The van der Waals surface area contributed by atoms with E-state index in [4.69, 9.17) is 14.9 Å². The number of ketones is 1. The van der Waals surface area contributed by atoms with Crippen molar-refractivity contribution in [2.24, 2.45) is 11.1 Å². The van der Waals surface area contributed by atoms with E-state index in [1.165, 1.54) is 11.3 Å². The maximum absolute atomic E-state index is 13.0. The second-order valence-corrected chi connectivity index (χ2v) is 9.42. The SMILES string of the molecule is CC1(C)CC(=O)C2=C(C1)OC(N)=C(C#N)[C@H]2c1ccc(-c2nc3ccccc3s2)o1. The van der Waals surface area contributed by atoms with Crippen molar-refractivity contribution in [2.45, 2.75) is 32.6 Å². The van der Waals surface area contributed by atoms with E-state index in [1.807, 2.05) is 44.2 Å². The standard InChI is InChI=1S/C23H19N3O3S/c1-23(2)9-14(27)20-17(10-23)29-21(25)12(11-24)19(20)15-7-8-16(28-15)22-26-13-5-3-4-6-18(13)30-22/h3-8,19H,9-10,25H2,1-2H3/t19-/m0/s1. The molecule has 0 bridgehead atoms. The summed E-state index contributed by atoms with van der Waals surface area (Å²) in [7, 11) is 0. The summed E-state index contributed by atoms with van der Waals surface area (Å²) >= 11 is 1.53. The minimum Gasteiger partial charge on any atom is -0.458 e. The number of rotatable bonds is 2. The third-order valence-electron chi connectivity index (χ3n) is 5.49. The van der Waals surface area contributed by atoms with Gasteiger partial charge in [-0.1, -0.05) is 26.0 Å². The Morgan fingerprint density at radius 2 is 2.03 bits per heavy atom. The number of hydrogen-bond acceptors (Lipinski definition) is 7. The molecule has 6 nitrogen and oxygen atoms in total. The Labute approximate surface area is 177 Å². The summed E-state index contributed by atoms with van der Waals surface area (Å²) in [6.07, 6.45) is 0.963. The lowest BCUT2D eigenvalue weighted by Crippen LogP contribution is -2.33. The lowest BCUT2D eigenvalue weighted by Gasteiger charge is -2.36. The van der Waals surface area contributed by atoms with E-state index in [0.29, 0.717) is 35.7 Å². The quantitative estimate of drug-likeness (QED) is 0.629. The van der Waals surface area contributed by atoms with Gasteiger partial charge in [-0.3, -0.25) is 4.79 Å². The molecule has 30 heavy (non-hydrogen) atoms. The van der Waals surface area contributed by atoms with Gasteiger partial charge in [0.15, 0.2) is 16.6 Å². The molecule has 0 saturated carbocycles. The van der Waals surface area contributed by atoms with Gasteiger partial charge in [-0.15, -0.1) is 11.3 Å². The number of ether oxygens (including phenoxy) is 1. The summed E-state index contributed by atoms with van der Waals surface area (Å²) in [5.41, 5.74) is 7.42. The lowest BCUT2D eigenvalue weighted by atomic mass is 9.71. The normalized spacial score (nSPS) is 20.8. The van der Waals surface area contributed by atoms with Crippen LogP contribution < -0.4 is 5.73 Å². The molecule has 3 aromatic rings. The number of carbonyl (C=O) groups is 1. The van der Waals surface area contributed by atoms with Crippen LogP contribution in [0.4, 0.5) is 0 Å². The predicted octanol–water partition coefficient (Wildman–Crippen LogP) is 5.01. The van der Waals surface area contributed by atoms with E-state index in [2.05, 4.69) is 11.1 Å². The van der Waals surface area contributed by atoms with Crippen LogP contribution in [0.25, 0.3) is 21.0 Å². The highest BCUT2D eigenvalue weighted by atomic mass is 32.1. The minimum atomic E-state index is -0.662. The van der Waals surface area contributed by atoms with Gasteiger partial charge in [0, 0.05) is 18.4 Å². The Hall–Kier alpha value is -3.37. The van der Waals surface area contributed by atoms with E-state index in [9.17, 15) is 10.1 Å². The number of aromatic nitrogens is 1. The summed E-state index contributed by atoms with van der Waals surface area (Å²) in [5, 5.41) is 10.5. The molecule has 0 radical (unpaired) electrons. The smallest absolute Gasteiger partial charge is 0.205 e. The van der Waals surface area contributed by atoms with Crippen molar-refractivity contribution >= 4 is 27.3 Å². The van der Waals surface area contributed by atoms with Gasteiger partial charge >= 0.3 is 0 Å². The van der Waals surface area contributed by atoms with Crippen molar-refractivity contribution in [3.8, 4) is 16.8 Å². The monoisotopic (exact) mass is 417 g/mol. The summed E-state index contributed by atoms with van der Waals surface area (Å²) in [6.45, 7) is 4.04. The van der Waals surface area contributed by atoms with Gasteiger partial charge in [0.05, 0.1) is 16.1 Å². The summed E-state index contributed by atoms with van der Waals surface area (Å²) in [6, 6.07) is 13.6. The molecular weight excluding hydrogens is 398 g/mol. The van der Waals surface area contributed by atoms with E-state index in [0.717, 1.165) is 15.2 Å². The van der Waals surface area contributed by atoms with E-state index in [-0.39, 0.29) is 22.7 Å². The first-order valence-corrected chi connectivity index (χ1v) is 10.5. The summed E-state index contributed by atoms with van der Waals surface area (Å²) in [4.78, 5) is 17.7. The first-order valence-electron chi connectivity index (χ1n) is 9.66. The molecule has 0 spiro atoms. The summed E-state index contributed by atoms with van der Waals surface area (Å²) < 4.78 is 12.9. The Bertz CT molecular complexity index is 1270. The zero-order chi connectivity index (χ0) is 21.0. The maximum Gasteiger partial charge on any atom is 0.205 e. The fourth-order valence-corrected chi connectivity index (χ4v) is 5.10. The van der Waals surface area contributed by atoms with E-state index >= 15 is 0 Å². The van der Waals surface area contributed by atoms with Gasteiger partial charge in [0.2, 0.25) is 5.88 Å². The highest BCUT2D eigenvalue weighted by molar-refractivity contribution is 7.21. The van der Waals surface area contributed by atoms with Gasteiger partial charge in [-0.05, 0) is 29.7 Å². The van der Waals surface area contributed by atoms with Crippen LogP contribution in [-0.2, 0) is 9.53 Å². The van der Waals surface area contributed by atoms with Gasteiger partial charge in [-0.2, -0.15) is 5.26 Å². The van der Waals surface area contributed by atoms with Crippen LogP contribution in [0, 0.1) is 16.7 Å². The topological polar surface area (TPSA) is 102 Å². The molecule has 1 atom stereocenters. The number of allylic oxidation sites excluding steroid dienone is 3. The number of benzene rings is 1. The zero-order valence-electron chi connectivity index (χ0n) is 16.6. The van der Waals surface area contributed by atoms with Crippen LogP contribution in [-0.4, -0.2) is 10.8 Å². The molecule has 2 aliphatic rings. The molecule has 0 unspecified atom stereocenters. The number of Topliss-reactive ketones (excluding diaryl/α,β-unsaturated/α-hetero) is 1. The number of para-hydroxylation sites is 1. The Kier molecular flexibility index (Phi) is 4.09. The number of carbonyl (C=O) groups excluding carboxylic acids is 1. The Morgan fingerprint density at radius 1 is 1.23 bits per heavy atom. The molecule has 2 aromatic heterocycles. The van der Waals surface area contributed by atoms with Crippen molar-refractivity contribution in [2.75, 3.05) is 0 Å². The molecule has 1 aliphatic heterocycles. The molecule has 3 heterocycles.